The molecule has 2 rings (SSSR count). The van der Waals surface area contributed by atoms with Gasteiger partial charge in [-0.15, -0.1) is 0 Å². The van der Waals surface area contributed by atoms with Gasteiger partial charge in [-0.25, -0.2) is 0 Å². The molecule has 19 heavy (non-hydrogen) atoms. The summed E-state index contributed by atoms with van der Waals surface area (Å²) in [5.74, 6) is 0.938. The van der Waals surface area contributed by atoms with Crippen molar-refractivity contribution < 1.29 is 9.53 Å². The van der Waals surface area contributed by atoms with Crippen molar-refractivity contribution in [2.45, 2.75) is 0 Å². The molecule has 98 valence electrons. The van der Waals surface area contributed by atoms with Crippen LogP contribution in [0.1, 0.15) is 10.4 Å². The lowest BCUT2D eigenvalue weighted by molar-refractivity contribution is 0.0963. The van der Waals surface area contributed by atoms with Crippen LogP contribution in [0.25, 0.3) is 0 Å². The van der Waals surface area contributed by atoms with E-state index in [9.17, 15) is 4.79 Å². The summed E-state index contributed by atoms with van der Waals surface area (Å²) < 4.78 is 6.64. The van der Waals surface area contributed by atoms with Crippen LogP contribution in [0.3, 0.4) is 0 Å². The second-order valence-electron chi connectivity index (χ2n) is 3.89. The van der Waals surface area contributed by atoms with Crippen LogP contribution >= 0.6 is 15.9 Å². The normalized spacial score (nSPS) is 10.0. The molecule has 0 unspecified atom stereocenters. The van der Waals surface area contributed by atoms with E-state index < -0.39 is 0 Å². The standard InChI is InChI=1S/C14H13BrN2O2/c1-17-14(18)9-2-7-12(16)13(8-9)19-11-5-3-10(15)4-6-11/h2-8H,16H2,1H3,(H,17,18). The van der Waals surface area contributed by atoms with Gasteiger partial charge >= 0.3 is 0 Å². The zero-order valence-electron chi connectivity index (χ0n) is 10.3. The number of hydrogen-bond acceptors (Lipinski definition) is 3. The highest BCUT2D eigenvalue weighted by molar-refractivity contribution is 9.10. The summed E-state index contributed by atoms with van der Waals surface area (Å²) in [5, 5.41) is 2.56. The van der Waals surface area contributed by atoms with Crippen LogP contribution in [0.15, 0.2) is 46.9 Å². The predicted octanol–water partition coefficient (Wildman–Crippen LogP) is 3.18. The Labute approximate surface area is 119 Å². The van der Waals surface area contributed by atoms with Crippen LogP contribution < -0.4 is 15.8 Å². The maximum atomic E-state index is 11.6. The van der Waals surface area contributed by atoms with Crippen molar-refractivity contribution >= 4 is 27.5 Å². The molecule has 2 aromatic carbocycles. The summed E-state index contributed by atoms with van der Waals surface area (Å²) in [6, 6.07) is 12.3. The van der Waals surface area contributed by atoms with Crippen molar-refractivity contribution in [2.24, 2.45) is 0 Å². The second-order valence-corrected chi connectivity index (χ2v) is 4.80. The smallest absolute Gasteiger partial charge is 0.251 e. The van der Waals surface area contributed by atoms with Crippen LogP contribution in [0.5, 0.6) is 11.5 Å². The number of ether oxygens (including phenoxy) is 1. The zero-order valence-corrected chi connectivity index (χ0v) is 11.9. The van der Waals surface area contributed by atoms with Gasteiger partial charge in [-0.05, 0) is 42.5 Å². The summed E-state index contributed by atoms with van der Waals surface area (Å²) in [6.07, 6.45) is 0. The van der Waals surface area contributed by atoms with Crippen LogP contribution in [-0.4, -0.2) is 13.0 Å². The molecule has 0 spiro atoms. The Morgan fingerprint density at radius 1 is 1.21 bits per heavy atom. The number of benzene rings is 2. The largest absolute Gasteiger partial charge is 0.455 e. The van der Waals surface area contributed by atoms with E-state index in [0.717, 1.165) is 4.47 Å². The number of amides is 1. The van der Waals surface area contributed by atoms with E-state index in [1.54, 1.807) is 25.2 Å². The van der Waals surface area contributed by atoms with Gasteiger partial charge < -0.3 is 15.8 Å². The topological polar surface area (TPSA) is 64.4 Å². The molecule has 0 saturated carbocycles. The Balaban J connectivity index is 2.28. The molecule has 0 atom stereocenters. The molecule has 0 aromatic heterocycles. The maximum absolute atomic E-state index is 11.6. The van der Waals surface area contributed by atoms with E-state index in [1.165, 1.54) is 0 Å². The molecule has 5 heteroatoms. The van der Waals surface area contributed by atoms with E-state index in [1.807, 2.05) is 24.3 Å². The fourth-order valence-corrected chi connectivity index (χ4v) is 1.80. The second kappa shape index (κ2) is 5.75. The SMILES string of the molecule is CNC(=O)c1ccc(N)c(Oc2ccc(Br)cc2)c1. The summed E-state index contributed by atoms with van der Waals surface area (Å²) in [6.45, 7) is 0. The first kappa shape index (κ1) is 13.4. The van der Waals surface area contributed by atoms with Gasteiger partial charge in [-0.1, -0.05) is 15.9 Å². The van der Waals surface area contributed by atoms with Gasteiger partial charge in [-0.2, -0.15) is 0 Å². The van der Waals surface area contributed by atoms with E-state index >= 15 is 0 Å². The number of nitrogens with one attached hydrogen (secondary N) is 1. The lowest BCUT2D eigenvalue weighted by atomic mass is 10.2. The molecule has 3 N–H and O–H groups in total. The van der Waals surface area contributed by atoms with Crippen LogP contribution in [0, 0.1) is 0 Å². The van der Waals surface area contributed by atoms with Crippen molar-refractivity contribution in [3.63, 3.8) is 0 Å². The van der Waals surface area contributed by atoms with Gasteiger partial charge in [0, 0.05) is 17.1 Å². The van der Waals surface area contributed by atoms with Crippen LogP contribution in [0.4, 0.5) is 5.69 Å². The molecule has 0 radical (unpaired) electrons. The van der Waals surface area contributed by atoms with Crippen molar-refractivity contribution in [2.75, 3.05) is 12.8 Å². The molecule has 0 aliphatic carbocycles. The van der Waals surface area contributed by atoms with E-state index in [4.69, 9.17) is 10.5 Å². The minimum Gasteiger partial charge on any atom is -0.455 e. The highest BCUT2D eigenvalue weighted by Crippen LogP contribution is 2.29. The van der Waals surface area contributed by atoms with Crippen molar-refractivity contribution in [1.82, 2.24) is 5.32 Å². The monoisotopic (exact) mass is 320 g/mol. The summed E-state index contributed by atoms with van der Waals surface area (Å²) in [4.78, 5) is 11.6. The lowest BCUT2D eigenvalue weighted by Crippen LogP contribution is -2.17. The number of nitrogen functional groups attached to an aromatic ring is 1. The third-order valence-electron chi connectivity index (χ3n) is 2.54. The van der Waals surface area contributed by atoms with E-state index in [0.29, 0.717) is 22.7 Å². The molecule has 0 heterocycles. The molecule has 0 aliphatic heterocycles. The zero-order chi connectivity index (χ0) is 13.8. The van der Waals surface area contributed by atoms with Crippen LogP contribution in [-0.2, 0) is 0 Å². The highest BCUT2D eigenvalue weighted by Gasteiger charge is 2.08. The van der Waals surface area contributed by atoms with Gasteiger partial charge in [0.2, 0.25) is 0 Å². The molecule has 2 aromatic rings. The molecule has 0 bridgehead atoms. The summed E-state index contributed by atoms with van der Waals surface area (Å²) in [5.41, 5.74) is 6.83. The third kappa shape index (κ3) is 3.26. The number of carbonyl (C=O) groups excluding carboxylic acids is 1. The Kier molecular flexibility index (Phi) is 4.06. The average molecular weight is 321 g/mol. The Bertz CT molecular complexity index is 597. The first-order valence-electron chi connectivity index (χ1n) is 5.65. The van der Waals surface area contributed by atoms with E-state index in [2.05, 4.69) is 21.2 Å². The van der Waals surface area contributed by atoms with Gasteiger partial charge in [0.25, 0.3) is 5.91 Å². The van der Waals surface area contributed by atoms with E-state index in [-0.39, 0.29) is 5.91 Å². The maximum Gasteiger partial charge on any atom is 0.251 e. The number of hydrogen-bond donors (Lipinski definition) is 2. The number of rotatable bonds is 3. The highest BCUT2D eigenvalue weighted by atomic mass is 79.9. The Hall–Kier alpha value is -2.01. The Morgan fingerprint density at radius 2 is 1.89 bits per heavy atom. The quantitative estimate of drug-likeness (QED) is 0.854. The van der Waals surface area contributed by atoms with Crippen molar-refractivity contribution in [3.8, 4) is 11.5 Å². The Morgan fingerprint density at radius 3 is 2.53 bits per heavy atom. The lowest BCUT2D eigenvalue weighted by Gasteiger charge is -2.10. The van der Waals surface area contributed by atoms with Crippen molar-refractivity contribution in [1.29, 1.82) is 0 Å². The first-order valence-corrected chi connectivity index (χ1v) is 6.44. The van der Waals surface area contributed by atoms with Gasteiger partial charge in [0.05, 0.1) is 5.69 Å². The number of anilines is 1. The fraction of sp³-hybridized carbons (Fsp3) is 0.0714. The summed E-state index contributed by atoms with van der Waals surface area (Å²) in [7, 11) is 1.58. The number of nitrogens with two attached hydrogens (primary N) is 1. The number of halogens is 1. The van der Waals surface area contributed by atoms with Crippen molar-refractivity contribution in [3.05, 3.63) is 52.5 Å². The summed E-state index contributed by atoms with van der Waals surface area (Å²) >= 11 is 3.35. The third-order valence-corrected chi connectivity index (χ3v) is 3.07. The molecular formula is C14H13BrN2O2. The first-order chi connectivity index (χ1) is 9.10. The molecule has 1 amide bonds. The molecular weight excluding hydrogens is 308 g/mol. The average Bonchev–Trinajstić information content (AvgIpc) is 2.43. The molecule has 0 aliphatic rings. The predicted molar refractivity (Wildman–Crippen MR) is 78.5 cm³/mol. The van der Waals surface area contributed by atoms with Gasteiger partial charge in [-0.3, -0.25) is 4.79 Å². The van der Waals surface area contributed by atoms with Crippen LogP contribution in [0.2, 0.25) is 0 Å². The molecule has 0 fully saturated rings. The molecule has 0 saturated heterocycles. The minimum atomic E-state index is -0.180. The number of carbonyl (C=O) groups is 1. The molecule has 4 nitrogen and oxygen atoms in total. The minimum absolute atomic E-state index is 0.180. The van der Waals surface area contributed by atoms with Gasteiger partial charge in [0.15, 0.2) is 5.75 Å². The van der Waals surface area contributed by atoms with Gasteiger partial charge in [0.1, 0.15) is 5.75 Å². The fourth-order valence-electron chi connectivity index (χ4n) is 1.54.